The van der Waals surface area contributed by atoms with Gasteiger partial charge in [-0.1, -0.05) is 34.1 Å². The minimum Gasteiger partial charge on any atom is -0.312 e. The van der Waals surface area contributed by atoms with Gasteiger partial charge in [0.1, 0.15) is 0 Å². The van der Waals surface area contributed by atoms with E-state index in [0.29, 0.717) is 16.2 Å². The molecule has 1 nitrogen and oxygen atoms in total. The molecule has 1 heteroatoms. The molecule has 1 N–H and O–H groups in total. The number of hydrogen-bond acceptors (Lipinski definition) is 1. The highest BCUT2D eigenvalue weighted by atomic mass is 15.0. The van der Waals surface area contributed by atoms with Crippen LogP contribution in [-0.2, 0) is 0 Å². The zero-order valence-electron chi connectivity index (χ0n) is 12.8. The van der Waals surface area contributed by atoms with Crippen molar-refractivity contribution < 1.29 is 0 Å². The van der Waals surface area contributed by atoms with E-state index in [2.05, 4.69) is 33.0 Å². The van der Waals surface area contributed by atoms with Crippen LogP contribution in [0.1, 0.15) is 72.6 Å². The van der Waals surface area contributed by atoms with Crippen molar-refractivity contribution in [1.82, 2.24) is 5.32 Å². The molecule has 0 aliphatic heterocycles. The Kier molecular flexibility index (Phi) is 2.86. The Morgan fingerprint density at radius 2 is 1.83 bits per heavy atom. The predicted molar refractivity (Wildman–Crippen MR) is 77.6 cm³/mol. The largest absolute Gasteiger partial charge is 0.312 e. The van der Waals surface area contributed by atoms with Crippen LogP contribution < -0.4 is 5.32 Å². The Morgan fingerprint density at radius 1 is 1.11 bits per heavy atom. The third kappa shape index (κ3) is 1.85. The van der Waals surface area contributed by atoms with Crippen molar-refractivity contribution in [1.29, 1.82) is 0 Å². The summed E-state index contributed by atoms with van der Waals surface area (Å²) in [5.74, 6) is 0.973. The fraction of sp³-hybridized carbons (Fsp3) is 1.00. The molecule has 0 radical (unpaired) electrons. The molecule has 0 amide bonds. The molecule has 3 atom stereocenters. The molecule has 104 valence electrons. The van der Waals surface area contributed by atoms with E-state index in [9.17, 15) is 0 Å². The van der Waals surface area contributed by atoms with Gasteiger partial charge in [-0.3, -0.25) is 0 Å². The van der Waals surface area contributed by atoms with E-state index in [1.807, 2.05) is 0 Å². The molecule has 3 fully saturated rings. The molecule has 3 saturated carbocycles. The summed E-state index contributed by atoms with van der Waals surface area (Å²) in [4.78, 5) is 0. The van der Waals surface area contributed by atoms with Crippen LogP contribution >= 0.6 is 0 Å². The number of fused-ring (bicyclic) bond motifs is 2. The second-order valence-electron chi connectivity index (χ2n) is 8.48. The fourth-order valence-electron chi connectivity index (χ4n) is 5.35. The van der Waals surface area contributed by atoms with E-state index in [4.69, 9.17) is 0 Å². The first-order chi connectivity index (χ1) is 8.42. The second kappa shape index (κ2) is 3.98. The van der Waals surface area contributed by atoms with Gasteiger partial charge in [-0.05, 0) is 60.7 Å². The van der Waals surface area contributed by atoms with Gasteiger partial charge in [0.05, 0.1) is 0 Å². The lowest BCUT2D eigenvalue weighted by atomic mass is 9.68. The number of hydrogen-bond donors (Lipinski definition) is 1. The molecule has 0 heterocycles. The molecule has 3 aliphatic carbocycles. The maximum Gasteiger partial charge on any atom is 0.0175 e. The lowest BCUT2D eigenvalue weighted by Gasteiger charge is -2.44. The van der Waals surface area contributed by atoms with Crippen LogP contribution in [0.15, 0.2) is 0 Å². The van der Waals surface area contributed by atoms with Gasteiger partial charge in [-0.2, -0.15) is 0 Å². The van der Waals surface area contributed by atoms with Crippen LogP contribution in [-0.4, -0.2) is 12.6 Å². The van der Waals surface area contributed by atoms with Crippen molar-refractivity contribution in [2.45, 2.75) is 78.7 Å². The molecule has 3 rings (SSSR count). The summed E-state index contributed by atoms with van der Waals surface area (Å²) < 4.78 is 0. The lowest BCUT2D eigenvalue weighted by molar-refractivity contribution is 0.103. The smallest absolute Gasteiger partial charge is 0.0175 e. The first-order valence-electron chi connectivity index (χ1n) is 8.15. The molecule has 2 bridgehead atoms. The number of nitrogens with one attached hydrogen (secondary N) is 1. The molecule has 0 saturated heterocycles. The normalized spacial score (nSPS) is 43.3. The summed E-state index contributed by atoms with van der Waals surface area (Å²) in [7, 11) is 0. The SMILES string of the molecule is CCCC1(CNC2C3(C)CCC(C3)C2(C)C)CC1. The Morgan fingerprint density at radius 3 is 2.33 bits per heavy atom. The van der Waals surface area contributed by atoms with Crippen molar-refractivity contribution in [3.8, 4) is 0 Å². The maximum absolute atomic E-state index is 4.03. The summed E-state index contributed by atoms with van der Waals surface area (Å²) in [6, 6.07) is 0.762. The first-order valence-corrected chi connectivity index (χ1v) is 8.15. The van der Waals surface area contributed by atoms with Crippen molar-refractivity contribution in [3.63, 3.8) is 0 Å². The third-order valence-electron chi connectivity index (χ3n) is 6.69. The number of rotatable bonds is 5. The van der Waals surface area contributed by atoms with E-state index < -0.39 is 0 Å². The summed E-state index contributed by atoms with van der Waals surface area (Å²) in [6.07, 6.45) is 10.1. The monoisotopic (exact) mass is 249 g/mol. The van der Waals surface area contributed by atoms with Crippen LogP contribution in [0, 0.1) is 22.2 Å². The van der Waals surface area contributed by atoms with Crippen molar-refractivity contribution >= 4 is 0 Å². The van der Waals surface area contributed by atoms with Crippen molar-refractivity contribution in [2.24, 2.45) is 22.2 Å². The molecule has 3 unspecified atom stereocenters. The van der Waals surface area contributed by atoms with Crippen molar-refractivity contribution in [2.75, 3.05) is 6.54 Å². The topological polar surface area (TPSA) is 12.0 Å². The second-order valence-corrected chi connectivity index (χ2v) is 8.48. The van der Waals surface area contributed by atoms with Gasteiger partial charge in [0.15, 0.2) is 0 Å². The van der Waals surface area contributed by atoms with Crippen LogP contribution in [0.5, 0.6) is 0 Å². The summed E-state index contributed by atoms with van der Waals surface area (Å²) in [5, 5.41) is 4.03. The van der Waals surface area contributed by atoms with Gasteiger partial charge in [-0.15, -0.1) is 0 Å². The van der Waals surface area contributed by atoms with Crippen LogP contribution in [0.4, 0.5) is 0 Å². The molecule has 0 aromatic heterocycles. The maximum atomic E-state index is 4.03. The van der Waals surface area contributed by atoms with Gasteiger partial charge >= 0.3 is 0 Å². The molecule has 3 aliphatic rings. The molecule has 0 aromatic rings. The Hall–Kier alpha value is -0.0400. The highest BCUT2D eigenvalue weighted by molar-refractivity contribution is 5.12. The van der Waals surface area contributed by atoms with E-state index >= 15 is 0 Å². The first kappa shape index (κ1) is 13.0. The van der Waals surface area contributed by atoms with Gasteiger partial charge < -0.3 is 5.32 Å². The van der Waals surface area contributed by atoms with Crippen LogP contribution in [0.3, 0.4) is 0 Å². The summed E-state index contributed by atoms with van der Waals surface area (Å²) >= 11 is 0. The summed E-state index contributed by atoms with van der Waals surface area (Å²) in [6.45, 7) is 11.2. The van der Waals surface area contributed by atoms with Gasteiger partial charge in [0, 0.05) is 12.6 Å². The molecular weight excluding hydrogens is 218 g/mol. The van der Waals surface area contributed by atoms with E-state index in [0.717, 1.165) is 12.0 Å². The van der Waals surface area contributed by atoms with E-state index in [1.165, 1.54) is 51.5 Å². The van der Waals surface area contributed by atoms with E-state index in [-0.39, 0.29) is 0 Å². The van der Waals surface area contributed by atoms with Gasteiger partial charge in [-0.25, -0.2) is 0 Å². The predicted octanol–water partition coefficient (Wildman–Crippen LogP) is 4.37. The minimum atomic E-state index is 0.523. The molecular formula is C17H31N. The van der Waals surface area contributed by atoms with Gasteiger partial charge in [0.2, 0.25) is 0 Å². The fourth-order valence-corrected chi connectivity index (χ4v) is 5.35. The average Bonchev–Trinajstić information content (AvgIpc) is 2.87. The standard InChI is InChI=1S/C17H31N/c1-5-7-17(9-10-17)12-18-14-15(2,3)13-6-8-16(14,4)11-13/h13-14,18H,5-12H2,1-4H3. The third-order valence-corrected chi connectivity index (χ3v) is 6.69. The zero-order valence-corrected chi connectivity index (χ0v) is 12.8. The Bertz CT molecular complexity index is 324. The quantitative estimate of drug-likeness (QED) is 0.763. The molecule has 18 heavy (non-hydrogen) atoms. The minimum absolute atomic E-state index is 0.523. The lowest BCUT2D eigenvalue weighted by Crippen LogP contribution is -2.51. The average molecular weight is 249 g/mol. The highest BCUT2D eigenvalue weighted by Gasteiger charge is 2.59. The summed E-state index contributed by atoms with van der Waals surface area (Å²) in [5.41, 5.74) is 1.81. The Balaban J connectivity index is 1.66. The van der Waals surface area contributed by atoms with Gasteiger partial charge in [0.25, 0.3) is 0 Å². The molecule has 0 spiro atoms. The highest BCUT2D eigenvalue weighted by Crippen LogP contribution is 2.62. The Labute approximate surface area is 113 Å². The zero-order chi connectivity index (χ0) is 13.0. The van der Waals surface area contributed by atoms with Crippen LogP contribution in [0.2, 0.25) is 0 Å². The van der Waals surface area contributed by atoms with Crippen molar-refractivity contribution in [3.05, 3.63) is 0 Å². The van der Waals surface area contributed by atoms with Crippen LogP contribution in [0.25, 0.3) is 0 Å². The van der Waals surface area contributed by atoms with E-state index in [1.54, 1.807) is 0 Å². The molecule has 0 aromatic carbocycles.